The van der Waals surface area contributed by atoms with E-state index in [-0.39, 0.29) is 6.03 Å². The number of rotatable bonds is 2. The number of aromatic nitrogens is 3. The lowest BCUT2D eigenvalue weighted by atomic mass is 10.2. The van der Waals surface area contributed by atoms with Crippen molar-refractivity contribution >= 4 is 17.5 Å². The summed E-state index contributed by atoms with van der Waals surface area (Å²) in [7, 11) is 0. The normalized spacial score (nSPS) is 13.1. The maximum atomic E-state index is 12.5. The minimum Gasteiger partial charge on any atom is -0.488 e. The monoisotopic (exact) mass is 321 g/mol. The van der Waals surface area contributed by atoms with Crippen molar-refractivity contribution in [1.29, 1.82) is 0 Å². The quantitative estimate of drug-likeness (QED) is 0.760. The molecule has 1 aliphatic heterocycles. The van der Waals surface area contributed by atoms with Crippen LogP contribution >= 0.6 is 0 Å². The van der Waals surface area contributed by atoms with Crippen LogP contribution in [0.3, 0.4) is 0 Å². The number of fused-ring (bicyclic) bond motifs is 1. The lowest BCUT2D eigenvalue weighted by molar-refractivity contribution is 0.249. The van der Waals surface area contributed by atoms with Crippen LogP contribution in [0.15, 0.2) is 54.9 Å². The highest BCUT2D eigenvalue weighted by Gasteiger charge is 2.25. The minimum absolute atomic E-state index is 0.229. The van der Waals surface area contributed by atoms with Gasteiger partial charge in [-0.25, -0.2) is 9.78 Å². The molecule has 4 rings (SSSR count). The Balaban J connectivity index is 1.60. The number of hydrogen-bond donors (Lipinski definition) is 2. The number of nitrogens with one attached hydrogen (secondary N) is 2. The molecule has 0 aliphatic carbocycles. The van der Waals surface area contributed by atoms with Gasteiger partial charge in [-0.15, -0.1) is 0 Å². The molecule has 0 radical (unpaired) electrons. The van der Waals surface area contributed by atoms with Crippen LogP contribution in [0.2, 0.25) is 0 Å². The van der Waals surface area contributed by atoms with Crippen molar-refractivity contribution < 1.29 is 9.53 Å². The Morgan fingerprint density at radius 2 is 2.12 bits per heavy atom. The highest BCUT2D eigenvalue weighted by molar-refractivity contribution is 6.02. The SMILES string of the molecule is O=C(Nc1ccccc1)N1CCOc2cc(-c3ccn[nH]3)cnc21. The van der Waals surface area contributed by atoms with Gasteiger partial charge in [0.2, 0.25) is 0 Å². The smallest absolute Gasteiger partial charge is 0.327 e. The van der Waals surface area contributed by atoms with E-state index in [1.807, 2.05) is 42.5 Å². The van der Waals surface area contributed by atoms with Crippen LogP contribution in [-0.4, -0.2) is 34.4 Å². The molecular formula is C17H15N5O2. The number of H-pyrrole nitrogens is 1. The predicted octanol–water partition coefficient (Wildman–Crippen LogP) is 2.90. The number of anilines is 2. The highest BCUT2D eigenvalue weighted by Crippen LogP contribution is 2.33. The van der Waals surface area contributed by atoms with Crippen LogP contribution in [0, 0.1) is 0 Å². The summed E-state index contributed by atoms with van der Waals surface area (Å²) in [5.74, 6) is 1.09. The number of nitrogens with zero attached hydrogens (tertiary/aromatic N) is 3. The molecule has 7 nitrogen and oxygen atoms in total. The van der Waals surface area contributed by atoms with Gasteiger partial charge in [-0.3, -0.25) is 10.00 Å². The first-order valence-electron chi connectivity index (χ1n) is 7.57. The standard InChI is InChI=1S/C17H15N5O2/c23-17(20-13-4-2-1-3-5-13)22-8-9-24-15-10-12(11-18-16(15)22)14-6-7-19-21-14/h1-7,10-11H,8-9H2,(H,19,21)(H,20,23). The number of aromatic amines is 1. The Labute approximate surface area is 138 Å². The summed E-state index contributed by atoms with van der Waals surface area (Å²) in [6.45, 7) is 0.866. The minimum atomic E-state index is -0.229. The van der Waals surface area contributed by atoms with E-state index in [4.69, 9.17) is 4.74 Å². The van der Waals surface area contributed by atoms with Crippen molar-refractivity contribution in [2.45, 2.75) is 0 Å². The van der Waals surface area contributed by atoms with Gasteiger partial charge >= 0.3 is 6.03 Å². The third-order valence-electron chi connectivity index (χ3n) is 3.74. The lowest BCUT2D eigenvalue weighted by Gasteiger charge is -2.28. The fraction of sp³-hybridized carbons (Fsp3) is 0.118. The number of benzene rings is 1. The van der Waals surface area contributed by atoms with Gasteiger partial charge in [-0.2, -0.15) is 5.10 Å². The van der Waals surface area contributed by atoms with Crippen molar-refractivity contribution in [1.82, 2.24) is 15.2 Å². The topological polar surface area (TPSA) is 83.1 Å². The largest absolute Gasteiger partial charge is 0.488 e. The molecule has 1 aromatic carbocycles. The van der Waals surface area contributed by atoms with Crippen molar-refractivity contribution in [2.75, 3.05) is 23.4 Å². The van der Waals surface area contributed by atoms with E-state index >= 15 is 0 Å². The third kappa shape index (κ3) is 2.67. The third-order valence-corrected chi connectivity index (χ3v) is 3.74. The van der Waals surface area contributed by atoms with E-state index < -0.39 is 0 Å². The van der Waals surface area contributed by atoms with E-state index in [1.165, 1.54) is 0 Å². The Kier molecular flexibility index (Phi) is 3.59. The lowest BCUT2D eigenvalue weighted by Crippen LogP contribution is -2.41. The Morgan fingerprint density at radius 1 is 1.25 bits per heavy atom. The van der Waals surface area contributed by atoms with E-state index in [0.717, 1.165) is 16.9 Å². The molecule has 0 bridgehead atoms. The van der Waals surface area contributed by atoms with Gasteiger partial charge in [0, 0.05) is 23.6 Å². The average molecular weight is 321 g/mol. The highest BCUT2D eigenvalue weighted by atomic mass is 16.5. The first-order valence-corrected chi connectivity index (χ1v) is 7.57. The van der Waals surface area contributed by atoms with Crippen LogP contribution in [0.4, 0.5) is 16.3 Å². The second kappa shape index (κ2) is 6.04. The number of amides is 2. The second-order valence-electron chi connectivity index (χ2n) is 5.31. The van der Waals surface area contributed by atoms with Gasteiger partial charge < -0.3 is 10.1 Å². The average Bonchev–Trinajstić information content (AvgIpc) is 3.16. The molecule has 3 heterocycles. The summed E-state index contributed by atoms with van der Waals surface area (Å²) in [5, 5.41) is 9.69. The molecule has 0 unspecified atom stereocenters. The second-order valence-corrected chi connectivity index (χ2v) is 5.31. The number of para-hydroxylation sites is 1. The first-order chi connectivity index (χ1) is 11.8. The zero-order valence-electron chi connectivity index (χ0n) is 12.8. The summed E-state index contributed by atoms with van der Waals surface area (Å²) in [5.41, 5.74) is 2.45. The van der Waals surface area contributed by atoms with Crippen molar-refractivity contribution in [3.63, 3.8) is 0 Å². The molecule has 120 valence electrons. The molecule has 2 amide bonds. The molecule has 0 atom stereocenters. The molecule has 1 aliphatic rings. The zero-order valence-corrected chi connectivity index (χ0v) is 12.8. The van der Waals surface area contributed by atoms with Gasteiger partial charge in [-0.1, -0.05) is 18.2 Å². The van der Waals surface area contributed by atoms with Crippen LogP contribution in [0.1, 0.15) is 0 Å². The zero-order chi connectivity index (χ0) is 16.4. The number of carbonyl (C=O) groups is 1. The molecule has 7 heteroatoms. The summed E-state index contributed by atoms with van der Waals surface area (Å²) in [6.07, 6.45) is 3.37. The van der Waals surface area contributed by atoms with Gasteiger partial charge in [0.25, 0.3) is 0 Å². The Bertz CT molecular complexity index is 849. The maximum absolute atomic E-state index is 12.5. The Hall–Kier alpha value is -3.35. The number of urea groups is 1. The molecule has 0 saturated heterocycles. The van der Waals surface area contributed by atoms with Gasteiger partial charge in [0.1, 0.15) is 6.61 Å². The van der Waals surface area contributed by atoms with Gasteiger partial charge in [-0.05, 0) is 24.3 Å². The van der Waals surface area contributed by atoms with Crippen LogP contribution < -0.4 is 15.0 Å². The number of ether oxygens (including phenoxy) is 1. The molecule has 0 fully saturated rings. The molecule has 0 spiro atoms. The Morgan fingerprint density at radius 3 is 2.92 bits per heavy atom. The fourth-order valence-electron chi connectivity index (χ4n) is 2.57. The van der Waals surface area contributed by atoms with Crippen molar-refractivity contribution in [2.24, 2.45) is 0 Å². The number of pyridine rings is 1. The first kappa shape index (κ1) is 14.3. The number of carbonyl (C=O) groups excluding carboxylic acids is 1. The molecule has 3 aromatic rings. The predicted molar refractivity (Wildman–Crippen MR) is 90.1 cm³/mol. The van der Waals surface area contributed by atoms with Crippen molar-refractivity contribution in [3.05, 3.63) is 54.9 Å². The summed E-state index contributed by atoms with van der Waals surface area (Å²) in [4.78, 5) is 18.5. The van der Waals surface area contributed by atoms with Crippen molar-refractivity contribution in [3.8, 4) is 17.0 Å². The van der Waals surface area contributed by atoms with E-state index in [1.54, 1.807) is 17.3 Å². The van der Waals surface area contributed by atoms with E-state index in [2.05, 4.69) is 20.5 Å². The van der Waals surface area contributed by atoms with Crippen LogP contribution in [0.5, 0.6) is 5.75 Å². The summed E-state index contributed by atoms with van der Waals surface area (Å²) >= 11 is 0. The van der Waals surface area contributed by atoms with E-state index in [9.17, 15) is 4.79 Å². The maximum Gasteiger partial charge on any atom is 0.327 e. The van der Waals surface area contributed by atoms with Crippen LogP contribution in [-0.2, 0) is 0 Å². The van der Waals surface area contributed by atoms with E-state index in [0.29, 0.717) is 24.7 Å². The van der Waals surface area contributed by atoms with Gasteiger partial charge in [0.05, 0.1) is 12.2 Å². The number of hydrogen-bond acceptors (Lipinski definition) is 4. The molecule has 24 heavy (non-hydrogen) atoms. The molecule has 2 aromatic heterocycles. The fourth-order valence-corrected chi connectivity index (χ4v) is 2.57. The summed E-state index contributed by atoms with van der Waals surface area (Å²) in [6, 6.07) is 12.8. The molecule has 0 saturated carbocycles. The summed E-state index contributed by atoms with van der Waals surface area (Å²) < 4.78 is 5.67. The van der Waals surface area contributed by atoms with Crippen LogP contribution in [0.25, 0.3) is 11.3 Å². The van der Waals surface area contributed by atoms with Gasteiger partial charge in [0.15, 0.2) is 11.6 Å². The molecular weight excluding hydrogens is 306 g/mol. The molecule has 2 N–H and O–H groups in total.